The first-order valence-electron chi connectivity index (χ1n) is 9.30. The van der Waals surface area contributed by atoms with Gasteiger partial charge in [0.25, 0.3) is 5.91 Å². The maximum atomic E-state index is 12.7. The number of nitrogens with zero attached hydrogens (tertiary/aromatic N) is 4. The van der Waals surface area contributed by atoms with Gasteiger partial charge in [0.2, 0.25) is 11.7 Å². The van der Waals surface area contributed by atoms with Crippen molar-refractivity contribution in [3.8, 4) is 11.4 Å². The monoisotopic (exact) mass is 396 g/mol. The molecular formula is C21H21ClN4O2. The number of hydrogen-bond donors (Lipinski definition) is 0. The highest BCUT2D eigenvalue weighted by atomic mass is 35.5. The standard InChI is InChI=1S/C21H21ClN4O2/c1-15(20-23-19(24-28-20)16-6-3-2-4-7-16)25-10-12-26(13-11-25)21(27)17-8-5-9-18(22)14-17/h2-9,14-15H,10-13H2,1H3. The number of piperazine rings is 1. The summed E-state index contributed by atoms with van der Waals surface area (Å²) in [5, 5.41) is 4.68. The van der Waals surface area contributed by atoms with Crippen molar-refractivity contribution in [3.63, 3.8) is 0 Å². The highest BCUT2D eigenvalue weighted by Gasteiger charge is 2.28. The minimum absolute atomic E-state index is 0.00613. The normalized spacial score (nSPS) is 16.1. The Morgan fingerprint density at radius 2 is 1.82 bits per heavy atom. The predicted molar refractivity (Wildman–Crippen MR) is 107 cm³/mol. The lowest BCUT2D eigenvalue weighted by atomic mass is 10.1. The third-order valence-corrected chi connectivity index (χ3v) is 5.29. The zero-order valence-corrected chi connectivity index (χ0v) is 16.3. The van der Waals surface area contributed by atoms with Gasteiger partial charge in [-0.25, -0.2) is 0 Å². The maximum absolute atomic E-state index is 12.7. The molecule has 1 aliphatic heterocycles. The van der Waals surface area contributed by atoms with Gasteiger partial charge in [-0.3, -0.25) is 9.69 Å². The van der Waals surface area contributed by atoms with E-state index in [9.17, 15) is 4.79 Å². The summed E-state index contributed by atoms with van der Waals surface area (Å²) < 4.78 is 5.49. The van der Waals surface area contributed by atoms with Crippen LogP contribution in [0, 0.1) is 0 Å². The second-order valence-corrected chi connectivity index (χ2v) is 7.27. The van der Waals surface area contributed by atoms with Crippen LogP contribution >= 0.6 is 11.6 Å². The van der Waals surface area contributed by atoms with Crippen molar-refractivity contribution < 1.29 is 9.32 Å². The number of hydrogen-bond acceptors (Lipinski definition) is 5. The van der Waals surface area contributed by atoms with Gasteiger partial charge in [-0.2, -0.15) is 4.98 Å². The zero-order chi connectivity index (χ0) is 19.5. The smallest absolute Gasteiger partial charge is 0.253 e. The van der Waals surface area contributed by atoms with Crippen molar-refractivity contribution in [3.05, 3.63) is 71.1 Å². The highest BCUT2D eigenvalue weighted by Crippen LogP contribution is 2.24. The van der Waals surface area contributed by atoms with Gasteiger partial charge in [0.05, 0.1) is 6.04 Å². The average molecular weight is 397 g/mol. The fraction of sp³-hybridized carbons (Fsp3) is 0.286. The average Bonchev–Trinajstić information content (AvgIpc) is 3.24. The number of carbonyl (C=O) groups is 1. The molecule has 0 spiro atoms. The van der Waals surface area contributed by atoms with Gasteiger partial charge < -0.3 is 9.42 Å². The molecule has 1 saturated heterocycles. The SMILES string of the molecule is CC(c1nc(-c2ccccc2)no1)N1CCN(C(=O)c2cccc(Cl)c2)CC1. The third kappa shape index (κ3) is 3.93. The van der Waals surface area contributed by atoms with Crippen LogP contribution in [0.4, 0.5) is 0 Å². The summed E-state index contributed by atoms with van der Waals surface area (Å²) in [7, 11) is 0. The number of amides is 1. The summed E-state index contributed by atoms with van der Waals surface area (Å²) in [5.41, 5.74) is 1.56. The molecule has 7 heteroatoms. The molecule has 1 atom stereocenters. The summed E-state index contributed by atoms with van der Waals surface area (Å²) in [6.07, 6.45) is 0. The first-order chi connectivity index (χ1) is 13.6. The van der Waals surface area contributed by atoms with E-state index < -0.39 is 0 Å². The van der Waals surface area contributed by atoms with Gasteiger partial charge in [0.1, 0.15) is 0 Å². The van der Waals surface area contributed by atoms with Crippen molar-refractivity contribution >= 4 is 17.5 Å². The summed E-state index contributed by atoms with van der Waals surface area (Å²) in [6, 6.07) is 16.8. The van der Waals surface area contributed by atoms with Crippen LogP contribution in [0.2, 0.25) is 5.02 Å². The molecule has 0 aliphatic carbocycles. The molecule has 1 amide bonds. The molecule has 0 N–H and O–H groups in total. The van der Waals surface area contributed by atoms with E-state index in [2.05, 4.69) is 22.0 Å². The number of carbonyl (C=O) groups excluding carboxylic acids is 1. The summed E-state index contributed by atoms with van der Waals surface area (Å²) >= 11 is 6.00. The Kier molecular flexibility index (Phi) is 5.41. The van der Waals surface area contributed by atoms with Gasteiger partial charge in [-0.05, 0) is 25.1 Å². The van der Waals surface area contributed by atoms with E-state index in [-0.39, 0.29) is 11.9 Å². The Bertz CT molecular complexity index is 952. The first kappa shape index (κ1) is 18.7. The van der Waals surface area contributed by atoms with E-state index in [1.807, 2.05) is 35.2 Å². The lowest BCUT2D eigenvalue weighted by molar-refractivity contribution is 0.0551. The van der Waals surface area contributed by atoms with E-state index in [4.69, 9.17) is 16.1 Å². The quantitative estimate of drug-likeness (QED) is 0.669. The Morgan fingerprint density at radius 1 is 1.07 bits per heavy atom. The largest absolute Gasteiger partial charge is 0.337 e. The van der Waals surface area contributed by atoms with E-state index in [1.165, 1.54) is 0 Å². The lowest BCUT2D eigenvalue weighted by Crippen LogP contribution is -2.49. The Balaban J connectivity index is 1.38. The molecule has 0 radical (unpaired) electrons. The van der Waals surface area contributed by atoms with Crippen LogP contribution in [0.25, 0.3) is 11.4 Å². The topological polar surface area (TPSA) is 62.5 Å². The van der Waals surface area contributed by atoms with Gasteiger partial charge in [0, 0.05) is 42.3 Å². The van der Waals surface area contributed by atoms with Gasteiger partial charge in [-0.1, -0.05) is 53.2 Å². The van der Waals surface area contributed by atoms with Gasteiger partial charge in [-0.15, -0.1) is 0 Å². The van der Waals surface area contributed by atoms with Gasteiger partial charge >= 0.3 is 0 Å². The van der Waals surface area contributed by atoms with Crippen LogP contribution in [0.15, 0.2) is 59.1 Å². The molecule has 144 valence electrons. The van der Waals surface area contributed by atoms with Crippen LogP contribution in [0.5, 0.6) is 0 Å². The van der Waals surface area contributed by atoms with E-state index in [0.29, 0.717) is 35.4 Å². The molecule has 28 heavy (non-hydrogen) atoms. The second kappa shape index (κ2) is 8.12. The van der Waals surface area contributed by atoms with Crippen LogP contribution in [-0.2, 0) is 0 Å². The minimum Gasteiger partial charge on any atom is -0.337 e. The lowest BCUT2D eigenvalue weighted by Gasteiger charge is -2.36. The zero-order valence-electron chi connectivity index (χ0n) is 15.6. The second-order valence-electron chi connectivity index (χ2n) is 6.84. The molecule has 2 aromatic carbocycles. The maximum Gasteiger partial charge on any atom is 0.253 e. The van der Waals surface area contributed by atoms with Crippen molar-refractivity contribution in [2.45, 2.75) is 13.0 Å². The van der Waals surface area contributed by atoms with Crippen LogP contribution in [0.3, 0.4) is 0 Å². The van der Waals surface area contributed by atoms with Crippen molar-refractivity contribution in [1.82, 2.24) is 19.9 Å². The molecule has 0 saturated carbocycles. The Labute approximate surface area is 168 Å². The van der Waals surface area contributed by atoms with Crippen molar-refractivity contribution in [1.29, 1.82) is 0 Å². The molecular weight excluding hydrogens is 376 g/mol. The summed E-state index contributed by atoms with van der Waals surface area (Å²) in [5.74, 6) is 1.20. The molecule has 1 aliphatic rings. The van der Waals surface area contributed by atoms with Crippen molar-refractivity contribution in [2.24, 2.45) is 0 Å². The van der Waals surface area contributed by atoms with E-state index >= 15 is 0 Å². The molecule has 3 aromatic rings. The molecule has 1 unspecified atom stereocenters. The predicted octanol–water partition coefficient (Wildman–Crippen LogP) is 3.91. The molecule has 1 fully saturated rings. The fourth-order valence-corrected chi connectivity index (χ4v) is 3.57. The Hall–Kier alpha value is -2.70. The first-order valence-corrected chi connectivity index (χ1v) is 9.67. The Morgan fingerprint density at radius 3 is 2.54 bits per heavy atom. The van der Waals surface area contributed by atoms with E-state index in [0.717, 1.165) is 18.7 Å². The highest BCUT2D eigenvalue weighted by molar-refractivity contribution is 6.30. The third-order valence-electron chi connectivity index (χ3n) is 5.05. The molecule has 2 heterocycles. The molecule has 0 bridgehead atoms. The number of benzene rings is 2. The number of aromatic nitrogens is 2. The van der Waals surface area contributed by atoms with Crippen LogP contribution in [0.1, 0.15) is 29.2 Å². The molecule has 4 rings (SSSR count). The number of halogens is 1. The molecule has 6 nitrogen and oxygen atoms in total. The van der Waals surface area contributed by atoms with Crippen molar-refractivity contribution in [2.75, 3.05) is 26.2 Å². The fourth-order valence-electron chi connectivity index (χ4n) is 3.38. The van der Waals surface area contributed by atoms with Gasteiger partial charge in [0.15, 0.2) is 0 Å². The summed E-state index contributed by atoms with van der Waals surface area (Å²) in [6.45, 7) is 4.84. The minimum atomic E-state index is -0.00613. The van der Waals surface area contributed by atoms with E-state index in [1.54, 1.807) is 24.3 Å². The summed E-state index contributed by atoms with van der Waals surface area (Å²) in [4.78, 5) is 21.3. The number of rotatable bonds is 4. The molecule has 1 aromatic heterocycles. The van der Waals surface area contributed by atoms with Crippen LogP contribution in [-0.4, -0.2) is 52.0 Å². The van der Waals surface area contributed by atoms with Crippen LogP contribution < -0.4 is 0 Å².